The summed E-state index contributed by atoms with van der Waals surface area (Å²) < 4.78 is 14.3. The second-order valence-electron chi connectivity index (χ2n) is 1.90. The maximum absolute atomic E-state index is 10.1. The second-order valence-corrected chi connectivity index (χ2v) is 4.43. The van der Waals surface area contributed by atoms with E-state index in [0.717, 1.165) is 0 Å². The fourth-order valence-electron chi connectivity index (χ4n) is 0.401. The normalized spacial score (nSPS) is 14.9. The van der Waals surface area contributed by atoms with Crippen LogP contribution in [0.5, 0.6) is 0 Å². The lowest BCUT2D eigenvalue weighted by molar-refractivity contribution is 0.190. The van der Waals surface area contributed by atoms with E-state index in [1.807, 2.05) is 0 Å². The minimum absolute atomic E-state index is 0.0412. The molecule has 5 nitrogen and oxygen atoms in total. The van der Waals surface area contributed by atoms with Crippen LogP contribution in [0.15, 0.2) is 0 Å². The van der Waals surface area contributed by atoms with Crippen LogP contribution in [0.25, 0.3) is 0 Å². The molecule has 0 saturated carbocycles. The fourth-order valence-corrected chi connectivity index (χ4v) is 1.32. The topological polar surface area (TPSA) is 87.0 Å². The Balaban J connectivity index is 3.46. The van der Waals surface area contributed by atoms with Crippen molar-refractivity contribution in [1.29, 1.82) is 0 Å². The van der Waals surface area contributed by atoms with E-state index in [-0.39, 0.29) is 18.0 Å². The lowest BCUT2D eigenvalue weighted by Gasteiger charge is -2.08. The Hall–Kier alpha value is 0.550. The molecule has 0 bridgehead atoms. The van der Waals surface area contributed by atoms with Gasteiger partial charge in [-0.2, -0.15) is 0 Å². The highest BCUT2D eigenvalue weighted by Crippen LogP contribution is 2.36. The number of hydrogen-bond acceptors (Lipinski definition) is 3. The molecule has 0 heterocycles. The molecule has 0 saturated heterocycles. The van der Waals surface area contributed by atoms with Gasteiger partial charge in [0.25, 0.3) is 0 Å². The fraction of sp³-hybridized carbons (Fsp3) is 1.00. The Labute approximate surface area is 72.7 Å². The highest BCUT2D eigenvalue weighted by atomic mass is 79.9. The van der Waals surface area contributed by atoms with Crippen LogP contribution < -0.4 is 0 Å². The number of rotatable bonds is 5. The van der Waals surface area contributed by atoms with Crippen LogP contribution in [0.1, 0.15) is 6.42 Å². The Morgan fingerprint density at radius 2 is 2.09 bits per heavy atom. The zero-order valence-corrected chi connectivity index (χ0v) is 8.16. The van der Waals surface area contributed by atoms with Crippen molar-refractivity contribution in [3.8, 4) is 0 Å². The number of aliphatic hydroxyl groups is 1. The van der Waals surface area contributed by atoms with E-state index in [9.17, 15) is 4.57 Å². The molecule has 0 aliphatic rings. The molecule has 0 radical (unpaired) electrons. The minimum atomic E-state index is -4.35. The van der Waals surface area contributed by atoms with E-state index in [2.05, 4.69) is 20.5 Å². The first-order valence-corrected chi connectivity index (χ1v) is 5.35. The van der Waals surface area contributed by atoms with Crippen LogP contribution in [0, 0.1) is 0 Å². The van der Waals surface area contributed by atoms with Gasteiger partial charge >= 0.3 is 7.82 Å². The van der Waals surface area contributed by atoms with Crippen molar-refractivity contribution < 1.29 is 24.0 Å². The van der Waals surface area contributed by atoms with Gasteiger partial charge in [-0.3, -0.25) is 4.52 Å². The van der Waals surface area contributed by atoms with Crippen molar-refractivity contribution in [2.75, 3.05) is 13.2 Å². The first kappa shape index (κ1) is 11.6. The van der Waals surface area contributed by atoms with Crippen LogP contribution in [0.4, 0.5) is 0 Å². The van der Waals surface area contributed by atoms with Crippen molar-refractivity contribution in [2.45, 2.75) is 11.2 Å². The highest BCUT2D eigenvalue weighted by molar-refractivity contribution is 9.09. The molecule has 0 aromatic carbocycles. The number of halogens is 1. The molecule has 7 heteroatoms. The lowest BCUT2D eigenvalue weighted by atomic mass is 10.3. The third-order valence-electron chi connectivity index (χ3n) is 0.866. The summed E-state index contributed by atoms with van der Waals surface area (Å²) in [7, 11) is -4.35. The van der Waals surface area contributed by atoms with Crippen molar-refractivity contribution in [3.05, 3.63) is 0 Å². The quantitative estimate of drug-likeness (QED) is 0.480. The molecule has 0 amide bonds. The van der Waals surface area contributed by atoms with Crippen LogP contribution in [-0.2, 0) is 9.09 Å². The number of phosphoric ester groups is 1. The summed E-state index contributed by atoms with van der Waals surface area (Å²) in [6.07, 6.45) is 0.403. The smallest absolute Gasteiger partial charge is 0.396 e. The first-order valence-electron chi connectivity index (χ1n) is 2.90. The Morgan fingerprint density at radius 1 is 1.55 bits per heavy atom. The molecular formula is C4H10BrO5P. The van der Waals surface area contributed by atoms with Gasteiger partial charge in [0, 0.05) is 11.4 Å². The summed E-state index contributed by atoms with van der Waals surface area (Å²) in [5.41, 5.74) is 0. The number of hydrogen-bond donors (Lipinski definition) is 3. The average Bonchev–Trinajstić information content (AvgIpc) is 1.83. The molecule has 0 aromatic rings. The molecule has 0 aliphatic carbocycles. The Bertz CT molecular complexity index is 145. The van der Waals surface area contributed by atoms with Gasteiger partial charge in [0.15, 0.2) is 0 Å². The monoisotopic (exact) mass is 248 g/mol. The standard InChI is InChI=1S/C4H10BrO5P/c5-4(1-2-6)3-10-11(7,8)9/h4,6H,1-3H2,(H2,7,8,9). The molecule has 0 rings (SSSR count). The van der Waals surface area contributed by atoms with Crippen LogP contribution in [0.2, 0.25) is 0 Å². The van der Waals surface area contributed by atoms with Gasteiger partial charge < -0.3 is 14.9 Å². The molecule has 11 heavy (non-hydrogen) atoms. The van der Waals surface area contributed by atoms with Crippen molar-refractivity contribution in [1.82, 2.24) is 0 Å². The van der Waals surface area contributed by atoms with Gasteiger partial charge in [-0.25, -0.2) is 4.57 Å². The van der Waals surface area contributed by atoms with Crippen LogP contribution in [0.3, 0.4) is 0 Å². The summed E-state index contributed by atoms with van der Waals surface area (Å²) in [5.74, 6) is 0. The summed E-state index contributed by atoms with van der Waals surface area (Å²) >= 11 is 3.06. The Kier molecular flexibility index (Phi) is 5.50. The van der Waals surface area contributed by atoms with Crippen molar-refractivity contribution in [3.63, 3.8) is 0 Å². The summed E-state index contributed by atoms with van der Waals surface area (Å²) in [6.45, 7) is -0.148. The van der Waals surface area contributed by atoms with E-state index in [1.165, 1.54) is 0 Å². The first-order chi connectivity index (χ1) is 4.95. The largest absolute Gasteiger partial charge is 0.469 e. The molecule has 0 fully saturated rings. The number of phosphoric acid groups is 1. The third-order valence-corrected chi connectivity index (χ3v) is 2.07. The molecule has 0 spiro atoms. The summed E-state index contributed by atoms with van der Waals surface area (Å²) in [4.78, 5) is 16.3. The van der Waals surface area contributed by atoms with Crippen LogP contribution >= 0.6 is 23.8 Å². The minimum Gasteiger partial charge on any atom is -0.396 e. The van der Waals surface area contributed by atoms with Gasteiger partial charge in [0.2, 0.25) is 0 Å². The SMILES string of the molecule is O=P(O)(O)OCC(Br)CCO. The van der Waals surface area contributed by atoms with Gasteiger partial charge in [-0.05, 0) is 6.42 Å². The second kappa shape index (κ2) is 5.24. The van der Waals surface area contributed by atoms with E-state index in [4.69, 9.17) is 14.9 Å². The third kappa shape index (κ3) is 8.46. The predicted molar refractivity (Wildman–Crippen MR) is 42.4 cm³/mol. The van der Waals surface area contributed by atoms with E-state index in [0.29, 0.717) is 6.42 Å². The molecule has 0 aromatic heterocycles. The lowest BCUT2D eigenvalue weighted by Crippen LogP contribution is -2.08. The molecular weight excluding hydrogens is 239 g/mol. The van der Waals surface area contributed by atoms with Gasteiger partial charge in [0.05, 0.1) is 6.61 Å². The van der Waals surface area contributed by atoms with Crippen molar-refractivity contribution >= 4 is 23.8 Å². The summed E-state index contributed by atoms with van der Waals surface area (Å²) in [5, 5.41) is 8.39. The maximum Gasteiger partial charge on any atom is 0.469 e. The summed E-state index contributed by atoms with van der Waals surface area (Å²) in [6, 6.07) is 0. The molecule has 1 atom stereocenters. The van der Waals surface area contributed by atoms with E-state index in [1.54, 1.807) is 0 Å². The maximum atomic E-state index is 10.1. The van der Waals surface area contributed by atoms with Gasteiger partial charge in [0.1, 0.15) is 0 Å². The van der Waals surface area contributed by atoms with E-state index < -0.39 is 7.82 Å². The van der Waals surface area contributed by atoms with E-state index >= 15 is 0 Å². The Morgan fingerprint density at radius 3 is 2.45 bits per heavy atom. The number of alkyl halides is 1. The highest BCUT2D eigenvalue weighted by Gasteiger charge is 2.15. The van der Waals surface area contributed by atoms with Crippen molar-refractivity contribution in [2.24, 2.45) is 0 Å². The molecule has 3 N–H and O–H groups in total. The van der Waals surface area contributed by atoms with Gasteiger partial charge in [-0.1, -0.05) is 15.9 Å². The van der Waals surface area contributed by atoms with Gasteiger partial charge in [-0.15, -0.1) is 0 Å². The predicted octanol–water partition coefficient (Wildman–Crippen LogP) is 0.242. The molecule has 1 unspecified atom stereocenters. The average molecular weight is 249 g/mol. The zero-order valence-electron chi connectivity index (χ0n) is 5.68. The molecule has 68 valence electrons. The zero-order chi connectivity index (χ0) is 8.91. The van der Waals surface area contributed by atoms with Crippen LogP contribution in [-0.4, -0.2) is 32.9 Å². The number of aliphatic hydroxyl groups excluding tert-OH is 1. The molecule has 0 aliphatic heterocycles.